The summed E-state index contributed by atoms with van der Waals surface area (Å²) in [6.07, 6.45) is 6.78. The fraction of sp³-hybridized carbons (Fsp3) is 0.625. The Hall–Kier alpha value is -0.280. The van der Waals surface area contributed by atoms with Crippen molar-refractivity contribution in [2.75, 3.05) is 6.54 Å². The smallest absolute Gasteiger partial charge is 0.0748 e. The summed E-state index contributed by atoms with van der Waals surface area (Å²) in [4.78, 5) is 0. The van der Waals surface area contributed by atoms with E-state index in [2.05, 4.69) is 6.07 Å². The van der Waals surface area contributed by atoms with E-state index in [0.29, 0.717) is 6.54 Å². The molecule has 3 rings (SSSR count). The number of rotatable bonds is 2. The van der Waals surface area contributed by atoms with Gasteiger partial charge in [0.2, 0.25) is 0 Å². The standard InChI is InChI=1S/C16H22ClNO.ClH/c17-13-5-3-4-12-6-9-16(19)8-2-1-7-15(16,10-11-18)14(12)13;/h3-5,19H,1-2,6-11,18H2;1H/t15-,16+;/m0./s1. The van der Waals surface area contributed by atoms with Crippen molar-refractivity contribution in [1.29, 1.82) is 0 Å². The first kappa shape index (κ1) is 16.1. The van der Waals surface area contributed by atoms with Crippen molar-refractivity contribution in [1.82, 2.24) is 0 Å². The van der Waals surface area contributed by atoms with Crippen LogP contribution in [0.3, 0.4) is 0 Å². The van der Waals surface area contributed by atoms with E-state index in [1.165, 1.54) is 11.1 Å². The number of aryl methyl sites for hydroxylation is 1. The van der Waals surface area contributed by atoms with Crippen LogP contribution in [-0.2, 0) is 11.8 Å². The van der Waals surface area contributed by atoms with E-state index in [4.69, 9.17) is 17.3 Å². The van der Waals surface area contributed by atoms with E-state index in [-0.39, 0.29) is 17.8 Å². The van der Waals surface area contributed by atoms with Crippen LogP contribution in [-0.4, -0.2) is 17.3 Å². The second-order valence-corrected chi connectivity index (χ2v) is 6.54. The Kier molecular flexibility index (Phi) is 4.70. The van der Waals surface area contributed by atoms with E-state index in [1.807, 2.05) is 12.1 Å². The number of nitrogens with two attached hydrogens (primary N) is 1. The van der Waals surface area contributed by atoms with E-state index in [9.17, 15) is 5.11 Å². The molecule has 1 saturated carbocycles. The van der Waals surface area contributed by atoms with Crippen LogP contribution >= 0.6 is 24.0 Å². The van der Waals surface area contributed by atoms with Gasteiger partial charge in [-0.25, -0.2) is 0 Å². The molecule has 3 N–H and O–H groups in total. The minimum atomic E-state index is -0.609. The molecule has 0 spiro atoms. The van der Waals surface area contributed by atoms with Crippen LogP contribution in [0, 0.1) is 0 Å². The lowest BCUT2D eigenvalue weighted by Crippen LogP contribution is -2.57. The number of hydrogen-bond donors (Lipinski definition) is 2. The van der Waals surface area contributed by atoms with Crippen molar-refractivity contribution in [3.05, 3.63) is 34.3 Å². The number of benzene rings is 1. The van der Waals surface area contributed by atoms with Crippen molar-refractivity contribution in [2.45, 2.75) is 56.0 Å². The van der Waals surface area contributed by atoms with E-state index in [0.717, 1.165) is 50.0 Å². The molecule has 2 aliphatic carbocycles. The Labute approximate surface area is 132 Å². The van der Waals surface area contributed by atoms with Crippen LogP contribution in [0.2, 0.25) is 5.02 Å². The maximum Gasteiger partial charge on any atom is 0.0748 e. The molecule has 112 valence electrons. The van der Waals surface area contributed by atoms with Gasteiger partial charge in [0.1, 0.15) is 0 Å². The van der Waals surface area contributed by atoms with Crippen molar-refractivity contribution in [3.8, 4) is 0 Å². The summed E-state index contributed by atoms with van der Waals surface area (Å²) in [5, 5.41) is 12.0. The third kappa shape index (κ3) is 2.18. The first-order chi connectivity index (χ1) is 9.13. The second kappa shape index (κ2) is 5.84. The van der Waals surface area contributed by atoms with Gasteiger partial charge < -0.3 is 10.8 Å². The van der Waals surface area contributed by atoms with Gasteiger partial charge in [-0.15, -0.1) is 12.4 Å². The molecule has 0 radical (unpaired) electrons. The minimum Gasteiger partial charge on any atom is -0.389 e. The Morgan fingerprint density at radius 2 is 1.95 bits per heavy atom. The number of fused-ring (bicyclic) bond motifs is 3. The molecule has 20 heavy (non-hydrogen) atoms. The van der Waals surface area contributed by atoms with Gasteiger partial charge in [0.05, 0.1) is 5.60 Å². The maximum absolute atomic E-state index is 11.2. The van der Waals surface area contributed by atoms with Crippen LogP contribution in [0.4, 0.5) is 0 Å². The first-order valence-electron chi connectivity index (χ1n) is 7.33. The molecule has 1 aromatic rings. The molecule has 0 amide bonds. The van der Waals surface area contributed by atoms with Gasteiger partial charge in [-0.05, 0) is 55.8 Å². The lowest BCUT2D eigenvalue weighted by molar-refractivity contribution is -0.0861. The summed E-state index contributed by atoms with van der Waals surface area (Å²) in [5.74, 6) is 0. The highest BCUT2D eigenvalue weighted by atomic mass is 35.5. The van der Waals surface area contributed by atoms with Gasteiger partial charge in [-0.2, -0.15) is 0 Å². The molecule has 4 heteroatoms. The van der Waals surface area contributed by atoms with Crippen molar-refractivity contribution < 1.29 is 5.11 Å². The Morgan fingerprint density at radius 1 is 1.20 bits per heavy atom. The fourth-order valence-electron chi connectivity index (χ4n) is 4.42. The summed E-state index contributed by atoms with van der Waals surface area (Å²) in [6.45, 7) is 0.604. The second-order valence-electron chi connectivity index (χ2n) is 6.13. The van der Waals surface area contributed by atoms with Gasteiger partial charge in [0.15, 0.2) is 0 Å². The highest BCUT2D eigenvalue weighted by Crippen LogP contribution is 2.56. The molecular formula is C16H23Cl2NO. The molecule has 2 atom stereocenters. The zero-order valence-electron chi connectivity index (χ0n) is 11.7. The molecule has 0 saturated heterocycles. The fourth-order valence-corrected chi connectivity index (χ4v) is 4.80. The highest BCUT2D eigenvalue weighted by molar-refractivity contribution is 6.31. The summed E-state index contributed by atoms with van der Waals surface area (Å²) in [7, 11) is 0. The zero-order chi connectivity index (χ0) is 13.5. The molecule has 0 aliphatic heterocycles. The van der Waals surface area contributed by atoms with Gasteiger partial charge in [0, 0.05) is 10.4 Å². The third-order valence-electron chi connectivity index (χ3n) is 5.29. The van der Waals surface area contributed by atoms with E-state index >= 15 is 0 Å². The lowest BCUT2D eigenvalue weighted by atomic mass is 9.53. The Balaban J connectivity index is 0.00000147. The zero-order valence-corrected chi connectivity index (χ0v) is 13.3. The van der Waals surface area contributed by atoms with Crippen molar-refractivity contribution >= 4 is 24.0 Å². The molecule has 0 unspecified atom stereocenters. The lowest BCUT2D eigenvalue weighted by Gasteiger charge is -2.55. The number of aliphatic hydroxyl groups is 1. The molecular weight excluding hydrogens is 293 g/mol. The Bertz CT molecular complexity index is 489. The quantitative estimate of drug-likeness (QED) is 0.876. The predicted octanol–water partition coefficient (Wildman–Crippen LogP) is 3.60. The molecule has 0 bridgehead atoms. The molecule has 0 heterocycles. The van der Waals surface area contributed by atoms with Gasteiger partial charge >= 0.3 is 0 Å². The van der Waals surface area contributed by atoms with Gasteiger partial charge in [0.25, 0.3) is 0 Å². The van der Waals surface area contributed by atoms with E-state index in [1.54, 1.807) is 0 Å². The molecule has 1 aromatic carbocycles. The maximum atomic E-state index is 11.2. The van der Waals surface area contributed by atoms with Crippen LogP contribution in [0.25, 0.3) is 0 Å². The SMILES string of the molecule is Cl.NCC[C@]12CCCC[C@@]1(O)CCc1cccc(Cl)c12. The van der Waals surface area contributed by atoms with Crippen LogP contribution < -0.4 is 5.73 Å². The van der Waals surface area contributed by atoms with E-state index < -0.39 is 5.60 Å². The summed E-state index contributed by atoms with van der Waals surface area (Å²) >= 11 is 6.50. The number of halogens is 2. The van der Waals surface area contributed by atoms with Gasteiger partial charge in [-0.3, -0.25) is 0 Å². The highest BCUT2D eigenvalue weighted by Gasteiger charge is 2.55. The molecule has 0 aromatic heterocycles. The molecule has 1 fully saturated rings. The van der Waals surface area contributed by atoms with Crippen molar-refractivity contribution in [2.24, 2.45) is 5.73 Å². The molecule has 2 nitrogen and oxygen atoms in total. The summed E-state index contributed by atoms with van der Waals surface area (Å²) in [6, 6.07) is 6.14. The van der Waals surface area contributed by atoms with Crippen LogP contribution in [0.5, 0.6) is 0 Å². The monoisotopic (exact) mass is 315 g/mol. The minimum absolute atomic E-state index is 0. The van der Waals surface area contributed by atoms with Crippen LogP contribution in [0.1, 0.15) is 49.7 Å². The first-order valence-corrected chi connectivity index (χ1v) is 7.71. The summed E-state index contributed by atoms with van der Waals surface area (Å²) < 4.78 is 0. The van der Waals surface area contributed by atoms with Crippen LogP contribution in [0.15, 0.2) is 18.2 Å². The van der Waals surface area contributed by atoms with Gasteiger partial charge in [-0.1, -0.05) is 36.6 Å². The third-order valence-corrected chi connectivity index (χ3v) is 5.61. The molecule has 2 aliphatic rings. The average molecular weight is 316 g/mol. The Morgan fingerprint density at radius 3 is 2.70 bits per heavy atom. The topological polar surface area (TPSA) is 46.2 Å². The number of hydrogen-bond acceptors (Lipinski definition) is 2. The largest absolute Gasteiger partial charge is 0.389 e. The average Bonchev–Trinajstić information content (AvgIpc) is 2.40. The normalized spacial score (nSPS) is 31.9. The summed E-state index contributed by atoms with van der Waals surface area (Å²) in [5.41, 5.74) is 7.55. The van der Waals surface area contributed by atoms with Crippen molar-refractivity contribution in [3.63, 3.8) is 0 Å². The predicted molar refractivity (Wildman–Crippen MR) is 85.8 cm³/mol.